The van der Waals surface area contributed by atoms with E-state index < -0.39 is 0 Å². The molecule has 0 unspecified atom stereocenters. The predicted octanol–water partition coefficient (Wildman–Crippen LogP) is 2.58. The largest absolute Gasteiger partial charge is 0.311 e. The van der Waals surface area contributed by atoms with E-state index in [9.17, 15) is 10.1 Å². The minimum atomic E-state index is -0.371. The molecule has 0 aromatic heterocycles. The van der Waals surface area contributed by atoms with E-state index in [1.54, 1.807) is 12.1 Å². The summed E-state index contributed by atoms with van der Waals surface area (Å²) in [7, 11) is 0. The summed E-state index contributed by atoms with van der Waals surface area (Å²) in [4.78, 5) is 10.1. The fourth-order valence-electron chi connectivity index (χ4n) is 1.76. The lowest BCUT2D eigenvalue weighted by atomic mass is 10.2. The molecule has 1 fully saturated rings. The molecule has 17 heavy (non-hydrogen) atoms. The Morgan fingerprint density at radius 1 is 1.41 bits per heavy atom. The summed E-state index contributed by atoms with van der Waals surface area (Å²) in [6, 6.07) is 6.73. The Hall–Kier alpha value is -1.07. The third kappa shape index (κ3) is 3.20. The molecule has 2 rings (SSSR count). The zero-order chi connectivity index (χ0) is 12.3. The van der Waals surface area contributed by atoms with Gasteiger partial charge in [0.1, 0.15) is 0 Å². The summed E-state index contributed by atoms with van der Waals surface area (Å²) in [5.74, 6) is 0. The highest BCUT2D eigenvalue weighted by atomic mass is 32.2. The molecule has 92 valence electrons. The molecule has 0 spiro atoms. The molecule has 1 aliphatic carbocycles. The summed E-state index contributed by atoms with van der Waals surface area (Å²) in [6.45, 7) is 1.80. The first kappa shape index (κ1) is 12.4. The van der Waals surface area contributed by atoms with Gasteiger partial charge in [0.15, 0.2) is 0 Å². The van der Waals surface area contributed by atoms with Gasteiger partial charge in [-0.05, 0) is 24.7 Å². The van der Waals surface area contributed by atoms with Gasteiger partial charge in [0.2, 0.25) is 0 Å². The molecule has 0 aliphatic heterocycles. The van der Waals surface area contributed by atoms with Crippen LogP contribution in [0.15, 0.2) is 24.3 Å². The number of nitrogens with one attached hydrogen (secondary N) is 1. The molecule has 0 amide bonds. The van der Waals surface area contributed by atoms with Crippen molar-refractivity contribution in [2.75, 3.05) is 12.8 Å². The van der Waals surface area contributed by atoms with Crippen LogP contribution in [0.4, 0.5) is 5.69 Å². The third-order valence-corrected chi connectivity index (χ3v) is 4.58. The summed E-state index contributed by atoms with van der Waals surface area (Å²) >= 11 is 1.93. The quantitative estimate of drug-likeness (QED) is 0.624. The van der Waals surface area contributed by atoms with E-state index in [1.165, 1.54) is 12.8 Å². The molecular weight excluding hydrogens is 236 g/mol. The van der Waals surface area contributed by atoms with E-state index in [2.05, 4.69) is 11.6 Å². The van der Waals surface area contributed by atoms with Gasteiger partial charge in [-0.2, -0.15) is 11.8 Å². The van der Waals surface area contributed by atoms with Crippen LogP contribution in [0.25, 0.3) is 0 Å². The number of benzene rings is 1. The van der Waals surface area contributed by atoms with Crippen molar-refractivity contribution in [1.82, 2.24) is 5.32 Å². The number of nitro benzene ring substituents is 1. The van der Waals surface area contributed by atoms with Crippen molar-refractivity contribution in [3.05, 3.63) is 39.9 Å². The highest BCUT2D eigenvalue weighted by molar-refractivity contribution is 8.00. The Kier molecular flexibility index (Phi) is 3.69. The molecule has 1 aromatic carbocycles. The van der Waals surface area contributed by atoms with Crippen LogP contribution in [0.2, 0.25) is 0 Å². The molecular formula is C12H16N2O2S. The van der Waals surface area contributed by atoms with Crippen LogP contribution in [0.5, 0.6) is 0 Å². The van der Waals surface area contributed by atoms with Crippen molar-refractivity contribution in [2.45, 2.75) is 24.1 Å². The van der Waals surface area contributed by atoms with E-state index in [1.807, 2.05) is 23.9 Å². The highest BCUT2D eigenvalue weighted by Crippen LogP contribution is 2.46. The SMILES string of the molecule is CSC1(CNCc2ccc([N+](=O)[O-])cc2)CC1. The van der Waals surface area contributed by atoms with Crippen LogP contribution >= 0.6 is 11.8 Å². The molecule has 4 nitrogen and oxygen atoms in total. The molecule has 0 saturated heterocycles. The van der Waals surface area contributed by atoms with Gasteiger partial charge in [-0.1, -0.05) is 12.1 Å². The van der Waals surface area contributed by atoms with Gasteiger partial charge in [0, 0.05) is 30.0 Å². The minimum Gasteiger partial charge on any atom is -0.311 e. The number of thioether (sulfide) groups is 1. The summed E-state index contributed by atoms with van der Waals surface area (Å²) in [5, 5.41) is 13.9. The maximum absolute atomic E-state index is 10.5. The van der Waals surface area contributed by atoms with E-state index >= 15 is 0 Å². The zero-order valence-electron chi connectivity index (χ0n) is 9.81. The second-order valence-corrected chi connectivity index (χ2v) is 5.69. The van der Waals surface area contributed by atoms with Crippen LogP contribution in [0, 0.1) is 10.1 Å². The first-order valence-electron chi connectivity index (χ1n) is 5.64. The monoisotopic (exact) mass is 252 g/mol. The normalized spacial score (nSPS) is 16.8. The van der Waals surface area contributed by atoms with Gasteiger partial charge in [0.05, 0.1) is 4.92 Å². The van der Waals surface area contributed by atoms with Crippen LogP contribution < -0.4 is 5.32 Å². The van der Waals surface area contributed by atoms with Gasteiger partial charge in [-0.15, -0.1) is 0 Å². The van der Waals surface area contributed by atoms with Crippen molar-refractivity contribution in [3.8, 4) is 0 Å². The maximum atomic E-state index is 10.5. The Balaban J connectivity index is 1.81. The summed E-state index contributed by atoms with van der Waals surface area (Å²) in [6.07, 6.45) is 4.74. The number of nitro groups is 1. The fourth-order valence-corrected chi connectivity index (χ4v) is 2.52. The molecule has 1 aromatic rings. The van der Waals surface area contributed by atoms with Crippen LogP contribution in [-0.4, -0.2) is 22.5 Å². The summed E-state index contributed by atoms with van der Waals surface area (Å²) in [5.41, 5.74) is 1.24. The maximum Gasteiger partial charge on any atom is 0.269 e. The topological polar surface area (TPSA) is 55.2 Å². The van der Waals surface area contributed by atoms with Crippen LogP contribution in [0.3, 0.4) is 0 Å². The molecule has 0 atom stereocenters. The number of hydrogen-bond acceptors (Lipinski definition) is 4. The van der Waals surface area contributed by atoms with Crippen LogP contribution in [-0.2, 0) is 6.54 Å². The molecule has 1 saturated carbocycles. The Morgan fingerprint density at radius 2 is 2.06 bits per heavy atom. The second kappa shape index (κ2) is 5.06. The fraction of sp³-hybridized carbons (Fsp3) is 0.500. The van der Waals surface area contributed by atoms with Gasteiger partial charge in [0.25, 0.3) is 5.69 Å². The van der Waals surface area contributed by atoms with Crippen LogP contribution in [0.1, 0.15) is 18.4 Å². The average Bonchev–Trinajstić information content (AvgIpc) is 3.10. The lowest BCUT2D eigenvalue weighted by molar-refractivity contribution is -0.384. The third-order valence-electron chi connectivity index (χ3n) is 3.16. The molecule has 0 bridgehead atoms. The molecule has 5 heteroatoms. The van der Waals surface area contributed by atoms with Crippen molar-refractivity contribution in [2.24, 2.45) is 0 Å². The highest BCUT2D eigenvalue weighted by Gasteiger charge is 2.41. The molecule has 1 N–H and O–H groups in total. The first-order valence-corrected chi connectivity index (χ1v) is 6.87. The average molecular weight is 252 g/mol. The Labute approximate surface area is 105 Å². The minimum absolute atomic E-state index is 0.150. The number of hydrogen-bond donors (Lipinski definition) is 1. The lowest BCUT2D eigenvalue weighted by Gasteiger charge is -2.12. The number of non-ortho nitro benzene ring substituents is 1. The molecule has 1 aliphatic rings. The Morgan fingerprint density at radius 3 is 2.53 bits per heavy atom. The molecule has 0 radical (unpaired) electrons. The van der Waals surface area contributed by atoms with Gasteiger partial charge < -0.3 is 5.32 Å². The van der Waals surface area contributed by atoms with Gasteiger partial charge in [-0.25, -0.2) is 0 Å². The summed E-state index contributed by atoms with van der Waals surface area (Å²) < 4.78 is 0.459. The standard InChI is InChI=1S/C12H16N2O2S/c1-17-12(6-7-12)9-13-8-10-2-4-11(5-3-10)14(15)16/h2-5,13H,6-9H2,1H3. The number of nitrogens with zero attached hydrogens (tertiary/aromatic N) is 1. The van der Waals surface area contributed by atoms with E-state index in [0.717, 1.165) is 18.7 Å². The smallest absolute Gasteiger partial charge is 0.269 e. The van der Waals surface area contributed by atoms with Crippen molar-refractivity contribution in [3.63, 3.8) is 0 Å². The zero-order valence-corrected chi connectivity index (χ0v) is 10.6. The van der Waals surface area contributed by atoms with Crippen molar-refractivity contribution < 1.29 is 4.92 Å². The van der Waals surface area contributed by atoms with Gasteiger partial charge >= 0.3 is 0 Å². The van der Waals surface area contributed by atoms with Crippen molar-refractivity contribution in [1.29, 1.82) is 0 Å². The van der Waals surface area contributed by atoms with Gasteiger partial charge in [-0.3, -0.25) is 10.1 Å². The Bertz CT molecular complexity index is 401. The van der Waals surface area contributed by atoms with E-state index in [0.29, 0.717) is 4.75 Å². The predicted molar refractivity (Wildman–Crippen MR) is 70.3 cm³/mol. The lowest BCUT2D eigenvalue weighted by Crippen LogP contribution is -2.25. The van der Waals surface area contributed by atoms with E-state index in [4.69, 9.17) is 0 Å². The molecule has 0 heterocycles. The second-order valence-electron chi connectivity index (χ2n) is 4.41. The van der Waals surface area contributed by atoms with E-state index in [-0.39, 0.29) is 10.6 Å². The van der Waals surface area contributed by atoms with Crippen molar-refractivity contribution >= 4 is 17.4 Å². The first-order chi connectivity index (χ1) is 8.15. The number of rotatable bonds is 6.